The van der Waals surface area contributed by atoms with Gasteiger partial charge >= 0.3 is 6.18 Å². The zero-order chi connectivity index (χ0) is 15.0. The number of β-amino-alcohol motifs (C(OH)–C–C–N with tert-alkyl or cyclic N) is 1. The normalized spacial score (nSPS) is 24.0. The van der Waals surface area contributed by atoms with E-state index in [0.29, 0.717) is 18.7 Å². The summed E-state index contributed by atoms with van der Waals surface area (Å²) in [5.74, 6) is 0. The molecule has 3 N–H and O–H groups in total. The number of piperidine rings is 1. The van der Waals surface area contributed by atoms with Gasteiger partial charge in [0.15, 0.2) is 0 Å². The van der Waals surface area contributed by atoms with E-state index in [-0.39, 0.29) is 12.1 Å². The molecule has 0 saturated carbocycles. The van der Waals surface area contributed by atoms with Gasteiger partial charge in [0.2, 0.25) is 0 Å². The predicted octanol–water partition coefficient (Wildman–Crippen LogP) is 2.52. The molecule has 1 heterocycles. The van der Waals surface area contributed by atoms with Crippen LogP contribution < -0.4 is 10.6 Å². The van der Waals surface area contributed by atoms with Crippen LogP contribution in [0.1, 0.15) is 30.9 Å². The Balaban J connectivity index is 2.30. The summed E-state index contributed by atoms with van der Waals surface area (Å²) < 4.78 is 38.5. The molecule has 6 heteroatoms. The standard InChI is InChI=1S/C14H19F3N2O/c1-13(20)5-2-6-19(9-13)11-3-4-12(14(15,16)17)10(7-11)8-18/h3-4,7,20H,2,5-6,8-9,18H2,1H3. The fraction of sp³-hybridized carbons (Fsp3) is 0.571. The lowest BCUT2D eigenvalue weighted by Crippen LogP contribution is -2.46. The number of nitrogens with two attached hydrogens (primary N) is 1. The highest BCUT2D eigenvalue weighted by Gasteiger charge is 2.34. The summed E-state index contributed by atoms with van der Waals surface area (Å²) in [7, 11) is 0. The van der Waals surface area contributed by atoms with Crippen LogP contribution in [-0.4, -0.2) is 23.8 Å². The Morgan fingerprint density at radius 2 is 2.10 bits per heavy atom. The van der Waals surface area contributed by atoms with Gasteiger partial charge in [-0.05, 0) is 43.5 Å². The van der Waals surface area contributed by atoms with Crippen molar-refractivity contribution in [1.82, 2.24) is 0 Å². The van der Waals surface area contributed by atoms with Gasteiger partial charge in [-0.2, -0.15) is 13.2 Å². The van der Waals surface area contributed by atoms with Crippen LogP contribution in [0.4, 0.5) is 18.9 Å². The molecule has 112 valence electrons. The number of hydrogen-bond acceptors (Lipinski definition) is 3. The van der Waals surface area contributed by atoms with E-state index in [4.69, 9.17) is 5.73 Å². The number of anilines is 1. The topological polar surface area (TPSA) is 49.5 Å². The molecule has 2 rings (SSSR count). The number of hydrogen-bond donors (Lipinski definition) is 2. The van der Waals surface area contributed by atoms with E-state index in [1.807, 2.05) is 4.90 Å². The first-order valence-corrected chi connectivity index (χ1v) is 6.60. The molecule has 1 atom stereocenters. The average Bonchev–Trinajstić information content (AvgIpc) is 2.35. The summed E-state index contributed by atoms with van der Waals surface area (Å²) in [5.41, 5.74) is 4.70. The van der Waals surface area contributed by atoms with E-state index < -0.39 is 17.3 Å². The second-order valence-electron chi connectivity index (χ2n) is 5.57. The van der Waals surface area contributed by atoms with E-state index in [1.54, 1.807) is 6.92 Å². The van der Waals surface area contributed by atoms with Gasteiger partial charge in [-0.25, -0.2) is 0 Å². The van der Waals surface area contributed by atoms with Crippen LogP contribution in [0.5, 0.6) is 0 Å². The van der Waals surface area contributed by atoms with Crippen LogP contribution >= 0.6 is 0 Å². The van der Waals surface area contributed by atoms with Gasteiger partial charge in [-0.15, -0.1) is 0 Å². The van der Waals surface area contributed by atoms with Crippen molar-refractivity contribution >= 4 is 5.69 Å². The number of benzene rings is 1. The largest absolute Gasteiger partial charge is 0.416 e. The van der Waals surface area contributed by atoms with Crippen molar-refractivity contribution in [2.45, 2.75) is 38.1 Å². The van der Waals surface area contributed by atoms with Crippen LogP contribution in [0.3, 0.4) is 0 Å². The van der Waals surface area contributed by atoms with E-state index in [2.05, 4.69) is 0 Å². The van der Waals surface area contributed by atoms with Crippen molar-refractivity contribution in [3.05, 3.63) is 29.3 Å². The lowest BCUT2D eigenvalue weighted by atomic mass is 9.94. The quantitative estimate of drug-likeness (QED) is 0.879. The highest BCUT2D eigenvalue weighted by Crippen LogP contribution is 2.35. The minimum atomic E-state index is -4.39. The van der Waals surface area contributed by atoms with E-state index >= 15 is 0 Å². The van der Waals surface area contributed by atoms with Crippen LogP contribution in [0, 0.1) is 0 Å². The molecular weight excluding hydrogens is 269 g/mol. The fourth-order valence-electron chi connectivity index (χ4n) is 2.66. The molecule has 1 fully saturated rings. The first-order valence-electron chi connectivity index (χ1n) is 6.60. The summed E-state index contributed by atoms with van der Waals surface area (Å²) in [4.78, 5) is 1.91. The third-order valence-electron chi connectivity index (χ3n) is 3.65. The van der Waals surface area contributed by atoms with Gasteiger partial charge in [0.05, 0.1) is 11.2 Å². The van der Waals surface area contributed by atoms with Gasteiger partial charge in [-0.1, -0.05) is 0 Å². The monoisotopic (exact) mass is 288 g/mol. The number of aliphatic hydroxyl groups is 1. The summed E-state index contributed by atoms with van der Waals surface area (Å²) in [6.07, 6.45) is -2.87. The maximum absolute atomic E-state index is 12.8. The van der Waals surface area contributed by atoms with Crippen LogP contribution in [-0.2, 0) is 12.7 Å². The van der Waals surface area contributed by atoms with Crippen molar-refractivity contribution in [2.75, 3.05) is 18.0 Å². The van der Waals surface area contributed by atoms with Gasteiger partial charge in [0, 0.05) is 25.3 Å². The highest BCUT2D eigenvalue weighted by molar-refractivity contribution is 5.52. The molecule has 1 aromatic carbocycles. The number of halogens is 3. The smallest absolute Gasteiger partial charge is 0.388 e. The molecule has 20 heavy (non-hydrogen) atoms. The molecule has 1 unspecified atom stereocenters. The molecule has 1 aliphatic heterocycles. The average molecular weight is 288 g/mol. The first-order chi connectivity index (χ1) is 9.23. The molecule has 0 bridgehead atoms. The molecule has 0 aliphatic carbocycles. The van der Waals surface area contributed by atoms with Crippen molar-refractivity contribution in [3.63, 3.8) is 0 Å². The fourth-order valence-corrected chi connectivity index (χ4v) is 2.66. The lowest BCUT2D eigenvalue weighted by Gasteiger charge is -2.38. The molecule has 3 nitrogen and oxygen atoms in total. The Kier molecular flexibility index (Phi) is 3.97. The molecule has 0 spiro atoms. The number of alkyl halides is 3. The van der Waals surface area contributed by atoms with Crippen LogP contribution in [0.25, 0.3) is 0 Å². The van der Waals surface area contributed by atoms with Crippen LogP contribution in [0.15, 0.2) is 18.2 Å². The van der Waals surface area contributed by atoms with E-state index in [0.717, 1.165) is 19.0 Å². The lowest BCUT2D eigenvalue weighted by molar-refractivity contribution is -0.138. The first kappa shape index (κ1) is 15.1. The van der Waals surface area contributed by atoms with Gasteiger partial charge in [0.1, 0.15) is 0 Å². The summed E-state index contributed by atoms with van der Waals surface area (Å²) in [6, 6.07) is 3.99. The number of rotatable bonds is 2. The van der Waals surface area contributed by atoms with Crippen molar-refractivity contribution in [1.29, 1.82) is 0 Å². The minimum absolute atomic E-state index is 0.0835. The molecule has 0 radical (unpaired) electrons. The van der Waals surface area contributed by atoms with E-state index in [1.165, 1.54) is 12.1 Å². The maximum atomic E-state index is 12.8. The predicted molar refractivity (Wildman–Crippen MR) is 71.4 cm³/mol. The Morgan fingerprint density at radius 1 is 1.40 bits per heavy atom. The summed E-state index contributed by atoms with van der Waals surface area (Å²) in [6.45, 7) is 2.73. The molecular formula is C14H19F3N2O. The Hall–Kier alpha value is -1.27. The second-order valence-corrected chi connectivity index (χ2v) is 5.57. The molecule has 1 saturated heterocycles. The zero-order valence-electron chi connectivity index (χ0n) is 11.4. The second kappa shape index (κ2) is 5.26. The van der Waals surface area contributed by atoms with Crippen molar-refractivity contribution in [3.8, 4) is 0 Å². The Bertz CT molecular complexity index is 486. The van der Waals surface area contributed by atoms with E-state index in [9.17, 15) is 18.3 Å². The molecule has 1 aliphatic rings. The van der Waals surface area contributed by atoms with Crippen molar-refractivity contribution < 1.29 is 18.3 Å². The number of nitrogens with zero attached hydrogens (tertiary/aromatic N) is 1. The Morgan fingerprint density at radius 3 is 2.65 bits per heavy atom. The van der Waals surface area contributed by atoms with Gasteiger partial charge in [-0.3, -0.25) is 0 Å². The van der Waals surface area contributed by atoms with Crippen molar-refractivity contribution in [2.24, 2.45) is 5.73 Å². The maximum Gasteiger partial charge on any atom is 0.416 e. The third kappa shape index (κ3) is 3.24. The van der Waals surface area contributed by atoms with Crippen LogP contribution in [0.2, 0.25) is 0 Å². The summed E-state index contributed by atoms with van der Waals surface area (Å²) >= 11 is 0. The molecule has 1 aromatic rings. The molecule has 0 aromatic heterocycles. The molecule has 0 amide bonds. The Labute approximate surface area is 116 Å². The van der Waals surface area contributed by atoms with Gasteiger partial charge in [0.25, 0.3) is 0 Å². The summed E-state index contributed by atoms with van der Waals surface area (Å²) in [5, 5.41) is 10.1. The van der Waals surface area contributed by atoms with Gasteiger partial charge < -0.3 is 15.7 Å². The SMILES string of the molecule is CC1(O)CCCN(c2ccc(C(F)(F)F)c(CN)c2)C1. The third-order valence-corrected chi connectivity index (χ3v) is 3.65. The highest BCUT2D eigenvalue weighted by atomic mass is 19.4. The minimum Gasteiger partial charge on any atom is -0.388 e. The zero-order valence-corrected chi connectivity index (χ0v) is 11.4.